The first kappa shape index (κ1) is 10.4. The number of aryl methyl sites for hydroxylation is 2. The van der Waals surface area contributed by atoms with E-state index >= 15 is 0 Å². The van der Waals surface area contributed by atoms with E-state index < -0.39 is 0 Å². The molecule has 0 aliphatic rings. The molecule has 0 spiro atoms. The van der Waals surface area contributed by atoms with Gasteiger partial charge in [-0.1, -0.05) is 20.3 Å². The zero-order valence-electron chi connectivity index (χ0n) is 9.30. The Bertz CT molecular complexity index is 241. The molecule has 0 bridgehead atoms. The van der Waals surface area contributed by atoms with Crippen molar-refractivity contribution in [2.75, 3.05) is 0 Å². The minimum atomic E-state index is 0.708. The summed E-state index contributed by atoms with van der Waals surface area (Å²) in [6.07, 6.45) is 3.81. The van der Waals surface area contributed by atoms with Gasteiger partial charge >= 0.3 is 0 Å². The Kier molecular flexibility index (Phi) is 3.58. The Morgan fingerprint density at radius 3 is 2.08 bits per heavy atom. The second kappa shape index (κ2) is 4.50. The standard InChI is InChI=1S/C12H21N/c1-5-7-12(6-2)13-10(3)8-9-11(13)4/h8-9,12H,5-7H2,1-4H3. The molecule has 1 aromatic heterocycles. The average molecular weight is 179 g/mol. The number of hydrogen-bond donors (Lipinski definition) is 0. The zero-order valence-corrected chi connectivity index (χ0v) is 9.30. The molecular formula is C12H21N. The van der Waals surface area contributed by atoms with Crippen molar-refractivity contribution in [2.45, 2.75) is 53.0 Å². The third-order valence-electron chi connectivity index (χ3n) is 2.78. The van der Waals surface area contributed by atoms with Crippen molar-refractivity contribution in [3.8, 4) is 0 Å². The van der Waals surface area contributed by atoms with E-state index in [9.17, 15) is 0 Å². The van der Waals surface area contributed by atoms with Crippen LogP contribution in [0.5, 0.6) is 0 Å². The van der Waals surface area contributed by atoms with Crippen LogP contribution in [0.1, 0.15) is 50.5 Å². The Balaban J connectivity index is 2.89. The van der Waals surface area contributed by atoms with Gasteiger partial charge in [0.25, 0.3) is 0 Å². The summed E-state index contributed by atoms with van der Waals surface area (Å²) in [7, 11) is 0. The largest absolute Gasteiger partial charge is 0.346 e. The van der Waals surface area contributed by atoms with Gasteiger partial charge in [-0.25, -0.2) is 0 Å². The number of hydrogen-bond acceptors (Lipinski definition) is 0. The molecule has 0 amide bonds. The Labute approximate surface area is 81.8 Å². The number of nitrogens with zero attached hydrogens (tertiary/aromatic N) is 1. The van der Waals surface area contributed by atoms with Crippen molar-refractivity contribution in [3.05, 3.63) is 23.5 Å². The molecule has 0 aromatic carbocycles. The third kappa shape index (κ3) is 2.15. The van der Waals surface area contributed by atoms with E-state index in [1.165, 1.54) is 30.7 Å². The lowest BCUT2D eigenvalue weighted by molar-refractivity contribution is 0.435. The highest BCUT2D eigenvalue weighted by Crippen LogP contribution is 2.22. The van der Waals surface area contributed by atoms with Crippen molar-refractivity contribution in [1.82, 2.24) is 4.57 Å². The zero-order chi connectivity index (χ0) is 9.84. The first-order valence-electron chi connectivity index (χ1n) is 5.35. The van der Waals surface area contributed by atoms with Crippen LogP contribution in [0.3, 0.4) is 0 Å². The van der Waals surface area contributed by atoms with Crippen LogP contribution in [-0.2, 0) is 0 Å². The topological polar surface area (TPSA) is 4.93 Å². The molecule has 0 radical (unpaired) electrons. The van der Waals surface area contributed by atoms with Gasteiger partial charge in [0.1, 0.15) is 0 Å². The van der Waals surface area contributed by atoms with Crippen molar-refractivity contribution < 1.29 is 0 Å². The van der Waals surface area contributed by atoms with E-state index in [1.54, 1.807) is 0 Å². The molecular weight excluding hydrogens is 158 g/mol. The summed E-state index contributed by atoms with van der Waals surface area (Å²) in [5.74, 6) is 0. The minimum Gasteiger partial charge on any atom is -0.346 e. The maximum atomic E-state index is 2.48. The molecule has 1 atom stereocenters. The monoisotopic (exact) mass is 179 g/mol. The van der Waals surface area contributed by atoms with Gasteiger partial charge in [-0.15, -0.1) is 0 Å². The summed E-state index contributed by atoms with van der Waals surface area (Å²) in [6, 6.07) is 5.14. The molecule has 0 N–H and O–H groups in total. The van der Waals surface area contributed by atoms with Crippen LogP contribution in [0.4, 0.5) is 0 Å². The van der Waals surface area contributed by atoms with Crippen LogP contribution in [0.25, 0.3) is 0 Å². The van der Waals surface area contributed by atoms with Crippen LogP contribution in [0, 0.1) is 13.8 Å². The van der Waals surface area contributed by atoms with E-state index in [2.05, 4.69) is 44.4 Å². The van der Waals surface area contributed by atoms with Gasteiger partial charge in [0.05, 0.1) is 0 Å². The average Bonchev–Trinajstić information content (AvgIpc) is 2.43. The highest BCUT2D eigenvalue weighted by molar-refractivity contribution is 5.14. The fraction of sp³-hybridized carbons (Fsp3) is 0.667. The second-order valence-electron chi connectivity index (χ2n) is 3.84. The molecule has 0 aliphatic heterocycles. The lowest BCUT2D eigenvalue weighted by Gasteiger charge is -2.20. The smallest absolute Gasteiger partial charge is 0.0333 e. The molecule has 1 heterocycles. The van der Waals surface area contributed by atoms with E-state index in [-0.39, 0.29) is 0 Å². The van der Waals surface area contributed by atoms with Crippen LogP contribution < -0.4 is 0 Å². The molecule has 0 fully saturated rings. The summed E-state index contributed by atoms with van der Waals surface area (Å²) in [5.41, 5.74) is 2.80. The van der Waals surface area contributed by atoms with Gasteiger partial charge in [-0.3, -0.25) is 0 Å². The molecule has 1 heteroatoms. The summed E-state index contributed by atoms with van der Waals surface area (Å²) < 4.78 is 2.48. The second-order valence-corrected chi connectivity index (χ2v) is 3.84. The van der Waals surface area contributed by atoms with E-state index in [0.717, 1.165) is 0 Å². The van der Waals surface area contributed by atoms with E-state index in [0.29, 0.717) is 6.04 Å². The van der Waals surface area contributed by atoms with Crippen molar-refractivity contribution in [3.63, 3.8) is 0 Å². The predicted octanol–water partition coefficient (Wildman–Crippen LogP) is 3.86. The van der Waals surface area contributed by atoms with Gasteiger partial charge in [-0.2, -0.15) is 0 Å². The van der Waals surface area contributed by atoms with E-state index in [4.69, 9.17) is 0 Å². The van der Waals surface area contributed by atoms with Gasteiger partial charge in [0.2, 0.25) is 0 Å². The first-order chi connectivity index (χ1) is 6.20. The highest BCUT2D eigenvalue weighted by Gasteiger charge is 2.10. The number of rotatable bonds is 4. The van der Waals surface area contributed by atoms with Gasteiger partial charge < -0.3 is 4.57 Å². The fourth-order valence-corrected chi connectivity index (χ4v) is 2.10. The fourth-order valence-electron chi connectivity index (χ4n) is 2.10. The van der Waals surface area contributed by atoms with Crippen LogP contribution in [-0.4, -0.2) is 4.57 Å². The molecule has 0 aliphatic carbocycles. The predicted molar refractivity (Wildman–Crippen MR) is 58.1 cm³/mol. The maximum Gasteiger partial charge on any atom is 0.0333 e. The van der Waals surface area contributed by atoms with Crippen molar-refractivity contribution >= 4 is 0 Å². The normalized spacial score (nSPS) is 13.2. The van der Waals surface area contributed by atoms with Crippen LogP contribution in [0.15, 0.2) is 12.1 Å². The summed E-state index contributed by atoms with van der Waals surface area (Å²) in [4.78, 5) is 0. The molecule has 1 unspecified atom stereocenters. The quantitative estimate of drug-likeness (QED) is 0.661. The summed E-state index contributed by atoms with van der Waals surface area (Å²) >= 11 is 0. The Hall–Kier alpha value is -0.720. The number of aromatic nitrogens is 1. The van der Waals surface area contributed by atoms with Crippen molar-refractivity contribution in [2.24, 2.45) is 0 Å². The lowest BCUT2D eigenvalue weighted by atomic mass is 10.1. The van der Waals surface area contributed by atoms with Gasteiger partial charge in [0.15, 0.2) is 0 Å². The lowest BCUT2D eigenvalue weighted by Crippen LogP contribution is -2.10. The molecule has 0 saturated carbocycles. The summed E-state index contributed by atoms with van der Waals surface area (Å²) in [6.45, 7) is 8.94. The molecule has 1 aromatic rings. The minimum absolute atomic E-state index is 0.708. The Morgan fingerprint density at radius 1 is 1.15 bits per heavy atom. The third-order valence-corrected chi connectivity index (χ3v) is 2.78. The molecule has 13 heavy (non-hydrogen) atoms. The van der Waals surface area contributed by atoms with Gasteiger partial charge in [-0.05, 0) is 38.8 Å². The molecule has 1 nitrogen and oxygen atoms in total. The molecule has 1 rings (SSSR count). The van der Waals surface area contributed by atoms with Crippen LogP contribution >= 0.6 is 0 Å². The first-order valence-corrected chi connectivity index (χ1v) is 5.35. The molecule has 0 saturated heterocycles. The Morgan fingerprint density at radius 2 is 1.69 bits per heavy atom. The highest BCUT2D eigenvalue weighted by atomic mass is 15.0. The van der Waals surface area contributed by atoms with E-state index in [1.807, 2.05) is 0 Å². The van der Waals surface area contributed by atoms with Crippen LogP contribution in [0.2, 0.25) is 0 Å². The maximum absolute atomic E-state index is 2.48. The van der Waals surface area contributed by atoms with Crippen molar-refractivity contribution in [1.29, 1.82) is 0 Å². The SMILES string of the molecule is CCCC(CC)n1c(C)ccc1C. The molecule has 74 valence electrons. The summed E-state index contributed by atoms with van der Waals surface area (Å²) in [5, 5.41) is 0. The van der Waals surface area contributed by atoms with Gasteiger partial charge in [0, 0.05) is 17.4 Å².